The molecule has 0 aromatic rings. The predicted molar refractivity (Wildman–Crippen MR) is 105 cm³/mol. The molecule has 0 aliphatic heterocycles. The zero-order valence-corrected chi connectivity index (χ0v) is 19.7. The molecule has 0 bridgehead atoms. The molecule has 0 heterocycles. The van der Waals surface area contributed by atoms with Gasteiger partial charge >= 0.3 is 5.97 Å². The van der Waals surface area contributed by atoms with Gasteiger partial charge in [0, 0.05) is 32.6 Å². The minimum atomic E-state index is -0.00172. The summed E-state index contributed by atoms with van der Waals surface area (Å²) >= 11 is 0. The number of ether oxygens (including phenoxy) is 1. The van der Waals surface area contributed by atoms with E-state index in [0.29, 0.717) is 13.0 Å². The van der Waals surface area contributed by atoms with Crippen LogP contribution in [0.5, 0.6) is 0 Å². The SMILES string of the molecule is CCCCCCCCCCCCCCCCCC(=O)OCCCC.[Zr]. The minimum absolute atomic E-state index is 0. The fourth-order valence-electron chi connectivity index (χ4n) is 3.04. The second kappa shape index (κ2) is 24.4. The van der Waals surface area contributed by atoms with Crippen molar-refractivity contribution < 1.29 is 35.7 Å². The zero-order chi connectivity index (χ0) is 17.7. The molecule has 0 rings (SSSR count). The zero-order valence-electron chi connectivity index (χ0n) is 17.3. The fraction of sp³-hybridized carbons (Fsp3) is 0.955. The summed E-state index contributed by atoms with van der Waals surface area (Å²) in [5, 5.41) is 0. The molecule has 2 nitrogen and oxygen atoms in total. The van der Waals surface area contributed by atoms with Crippen LogP contribution >= 0.6 is 0 Å². The van der Waals surface area contributed by atoms with Crippen LogP contribution in [0.4, 0.5) is 0 Å². The third kappa shape index (κ3) is 24.4. The van der Waals surface area contributed by atoms with E-state index in [1.165, 1.54) is 89.9 Å². The minimum Gasteiger partial charge on any atom is -0.466 e. The van der Waals surface area contributed by atoms with E-state index in [1.807, 2.05) is 0 Å². The molecule has 0 aromatic carbocycles. The van der Waals surface area contributed by atoms with Crippen molar-refractivity contribution in [3.05, 3.63) is 0 Å². The van der Waals surface area contributed by atoms with E-state index < -0.39 is 0 Å². The molecule has 25 heavy (non-hydrogen) atoms. The van der Waals surface area contributed by atoms with Crippen LogP contribution in [0.2, 0.25) is 0 Å². The van der Waals surface area contributed by atoms with Crippen molar-refractivity contribution >= 4 is 5.97 Å². The van der Waals surface area contributed by atoms with Crippen LogP contribution in [0.3, 0.4) is 0 Å². The molecule has 0 fully saturated rings. The van der Waals surface area contributed by atoms with Crippen LogP contribution in [0.1, 0.15) is 129 Å². The number of hydrogen-bond acceptors (Lipinski definition) is 2. The van der Waals surface area contributed by atoms with E-state index in [9.17, 15) is 4.79 Å². The normalized spacial score (nSPS) is 10.5. The summed E-state index contributed by atoms with van der Waals surface area (Å²) in [5.41, 5.74) is 0. The Morgan fingerprint density at radius 1 is 0.560 bits per heavy atom. The quantitative estimate of drug-likeness (QED) is 0.155. The molecule has 0 N–H and O–H groups in total. The summed E-state index contributed by atoms with van der Waals surface area (Å²) in [6, 6.07) is 0. The first-order valence-corrected chi connectivity index (χ1v) is 11.0. The third-order valence-corrected chi connectivity index (χ3v) is 4.75. The number of unbranched alkanes of at least 4 members (excludes halogenated alkanes) is 15. The Labute approximate surface area is 177 Å². The first-order valence-electron chi connectivity index (χ1n) is 11.0. The average molecular weight is 432 g/mol. The van der Waals surface area contributed by atoms with Gasteiger partial charge in [0.15, 0.2) is 0 Å². The molecule has 0 aromatic heterocycles. The standard InChI is InChI=1S/C22H44O2.Zr/c1-3-5-7-8-9-10-11-12-13-14-15-16-17-18-19-20-22(23)24-21-6-4-2;/h3-21H2,1-2H3;. The van der Waals surface area contributed by atoms with Crippen LogP contribution < -0.4 is 0 Å². The summed E-state index contributed by atoms with van der Waals surface area (Å²) in [6.07, 6.45) is 23.1. The molecule has 0 unspecified atom stereocenters. The van der Waals surface area contributed by atoms with Crippen molar-refractivity contribution in [2.75, 3.05) is 6.61 Å². The number of esters is 1. The Morgan fingerprint density at radius 2 is 0.920 bits per heavy atom. The second-order valence-electron chi connectivity index (χ2n) is 7.27. The Hall–Kier alpha value is 0.353. The number of hydrogen-bond donors (Lipinski definition) is 0. The summed E-state index contributed by atoms with van der Waals surface area (Å²) in [4.78, 5) is 11.4. The molecule has 0 saturated carbocycles. The Morgan fingerprint density at radius 3 is 1.32 bits per heavy atom. The van der Waals surface area contributed by atoms with Gasteiger partial charge in [0.2, 0.25) is 0 Å². The van der Waals surface area contributed by atoms with Gasteiger partial charge in [-0.3, -0.25) is 4.79 Å². The summed E-state index contributed by atoms with van der Waals surface area (Å²) < 4.78 is 5.16. The van der Waals surface area contributed by atoms with E-state index in [1.54, 1.807) is 0 Å². The maximum absolute atomic E-state index is 11.4. The summed E-state index contributed by atoms with van der Waals surface area (Å²) in [5.74, 6) is -0.00172. The van der Waals surface area contributed by atoms with Gasteiger partial charge in [-0.2, -0.15) is 0 Å². The van der Waals surface area contributed by atoms with E-state index >= 15 is 0 Å². The smallest absolute Gasteiger partial charge is 0.305 e. The van der Waals surface area contributed by atoms with Gasteiger partial charge in [0.1, 0.15) is 0 Å². The van der Waals surface area contributed by atoms with E-state index in [-0.39, 0.29) is 32.2 Å². The van der Waals surface area contributed by atoms with Gasteiger partial charge in [-0.1, -0.05) is 110 Å². The molecule has 0 saturated heterocycles. The Balaban J connectivity index is 0. The number of carbonyl (C=O) groups excluding carboxylic acids is 1. The largest absolute Gasteiger partial charge is 0.466 e. The number of carbonyl (C=O) groups is 1. The van der Waals surface area contributed by atoms with E-state index in [2.05, 4.69) is 13.8 Å². The molecule has 148 valence electrons. The van der Waals surface area contributed by atoms with Gasteiger partial charge < -0.3 is 4.74 Å². The first-order chi connectivity index (χ1) is 11.8. The van der Waals surface area contributed by atoms with E-state index in [4.69, 9.17) is 4.74 Å². The maximum atomic E-state index is 11.4. The maximum Gasteiger partial charge on any atom is 0.305 e. The van der Waals surface area contributed by atoms with Crippen molar-refractivity contribution in [3.8, 4) is 0 Å². The topological polar surface area (TPSA) is 26.3 Å². The average Bonchev–Trinajstić information content (AvgIpc) is 2.58. The van der Waals surface area contributed by atoms with Crippen LogP contribution in [0.25, 0.3) is 0 Å². The Bertz CT molecular complexity index is 256. The molecule has 0 spiro atoms. The van der Waals surface area contributed by atoms with Crippen molar-refractivity contribution in [2.45, 2.75) is 129 Å². The summed E-state index contributed by atoms with van der Waals surface area (Å²) in [6.45, 7) is 5.00. The van der Waals surface area contributed by atoms with Crippen LogP contribution in [0.15, 0.2) is 0 Å². The van der Waals surface area contributed by atoms with Crippen molar-refractivity contribution in [1.29, 1.82) is 0 Å². The van der Waals surface area contributed by atoms with Gasteiger partial charge in [-0.05, 0) is 12.8 Å². The van der Waals surface area contributed by atoms with Crippen LogP contribution in [-0.4, -0.2) is 12.6 Å². The van der Waals surface area contributed by atoms with Crippen LogP contribution in [0, 0.1) is 0 Å². The molecular formula is C22H44O2Zr. The molecule has 3 heteroatoms. The predicted octanol–water partition coefficient (Wildman–Crippen LogP) is 7.59. The monoisotopic (exact) mass is 430 g/mol. The van der Waals surface area contributed by atoms with Gasteiger partial charge in [0.05, 0.1) is 6.61 Å². The van der Waals surface area contributed by atoms with Crippen molar-refractivity contribution in [3.63, 3.8) is 0 Å². The molecule has 0 aliphatic rings. The van der Waals surface area contributed by atoms with Gasteiger partial charge in [-0.15, -0.1) is 0 Å². The van der Waals surface area contributed by atoms with Crippen molar-refractivity contribution in [2.24, 2.45) is 0 Å². The molecule has 0 aliphatic carbocycles. The fourth-order valence-corrected chi connectivity index (χ4v) is 3.04. The van der Waals surface area contributed by atoms with E-state index in [0.717, 1.165) is 19.3 Å². The molecule has 0 amide bonds. The third-order valence-electron chi connectivity index (χ3n) is 4.75. The van der Waals surface area contributed by atoms with Crippen LogP contribution in [-0.2, 0) is 35.7 Å². The van der Waals surface area contributed by atoms with Gasteiger partial charge in [0.25, 0.3) is 0 Å². The number of rotatable bonds is 19. The Kier molecular flexibility index (Phi) is 26.9. The molecular weight excluding hydrogens is 387 g/mol. The molecule has 0 radical (unpaired) electrons. The second-order valence-corrected chi connectivity index (χ2v) is 7.27. The summed E-state index contributed by atoms with van der Waals surface area (Å²) in [7, 11) is 0. The van der Waals surface area contributed by atoms with Gasteiger partial charge in [-0.25, -0.2) is 0 Å². The van der Waals surface area contributed by atoms with Crippen molar-refractivity contribution in [1.82, 2.24) is 0 Å². The first kappa shape index (κ1) is 27.6. The molecule has 0 atom stereocenters.